The van der Waals surface area contributed by atoms with E-state index in [0.717, 1.165) is 16.0 Å². The number of nitro groups is 1. The summed E-state index contributed by atoms with van der Waals surface area (Å²) in [4.78, 5) is 29.5. The van der Waals surface area contributed by atoms with Gasteiger partial charge in [-0.25, -0.2) is 4.98 Å². The molecule has 0 aliphatic heterocycles. The molecule has 2 aromatic carbocycles. The Morgan fingerprint density at radius 3 is 2.66 bits per heavy atom. The second-order valence-corrected chi connectivity index (χ2v) is 8.57. The summed E-state index contributed by atoms with van der Waals surface area (Å²) < 4.78 is 6.74. The van der Waals surface area contributed by atoms with Crippen LogP contribution in [0.25, 0.3) is 28.7 Å². The molecule has 0 bridgehead atoms. The number of benzene rings is 2. The van der Waals surface area contributed by atoms with Crippen LogP contribution in [0, 0.1) is 28.9 Å². The Kier molecular flexibility index (Phi) is 5.83. The van der Waals surface area contributed by atoms with E-state index in [2.05, 4.69) is 16.8 Å². The maximum Gasteiger partial charge on any atom is 0.433 e. The van der Waals surface area contributed by atoms with Crippen molar-refractivity contribution in [3.8, 4) is 17.5 Å². The van der Waals surface area contributed by atoms with Crippen molar-refractivity contribution in [1.82, 2.24) is 9.55 Å². The number of rotatable bonds is 4. The molecule has 0 spiro atoms. The van der Waals surface area contributed by atoms with Gasteiger partial charge in [-0.2, -0.15) is 0 Å². The first-order valence-electron chi connectivity index (χ1n) is 10.6. The fourth-order valence-corrected chi connectivity index (χ4v) is 4.22. The van der Waals surface area contributed by atoms with Crippen LogP contribution in [0.4, 0.5) is 5.88 Å². The molecule has 0 fully saturated rings. The van der Waals surface area contributed by atoms with Crippen molar-refractivity contribution in [2.24, 2.45) is 0 Å². The molecular formula is C27H17N3O4S. The largest absolute Gasteiger partial charge is 0.433 e. The standard InChI is InChI=1S/C27H17N3O4S/c1-18-17-19(8-12-21-5-4-16-35-21)9-13-24(18)29-25(14-10-20-11-15-26(34-20)30(32)33)28-23-7-3-2-6-22(23)27(29)31/h2-7,9-11,13-17H,1H3. The first-order valence-corrected chi connectivity index (χ1v) is 11.5. The van der Waals surface area contributed by atoms with E-state index in [1.165, 1.54) is 16.7 Å². The second-order valence-electron chi connectivity index (χ2n) is 7.62. The maximum absolute atomic E-state index is 13.5. The van der Waals surface area contributed by atoms with Crippen molar-refractivity contribution in [2.75, 3.05) is 0 Å². The van der Waals surface area contributed by atoms with E-state index in [1.807, 2.05) is 48.7 Å². The highest BCUT2D eigenvalue weighted by molar-refractivity contribution is 7.10. The van der Waals surface area contributed by atoms with Gasteiger partial charge in [-0.1, -0.05) is 30.0 Å². The van der Waals surface area contributed by atoms with Gasteiger partial charge in [0.25, 0.3) is 5.56 Å². The van der Waals surface area contributed by atoms with Crippen molar-refractivity contribution in [1.29, 1.82) is 0 Å². The minimum Gasteiger partial charge on any atom is -0.401 e. The topological polar surface area (TPSA) is 91.2 Å². The smallest absolute Gasteiger partial charge is 0.401 e. The summed E-state index contributed by atoms with van der Waals surface area (Å²) >= 11 is 1.58. The number of fused-ring (bicyclic) bond motifs is 1. The van der Waals surface area contributed by atoms with Crippen LogP contribution in [0.2, 0.25) is 0 Å². The van der Waals surface area contributed by atoms with Crippen molar-refractivity contribution < 1.29 is 9.34 Å². The van der Waals surface area contributed by atoms with Crippen molar-refractivity contribution in [2.45, 2.75) is 6.92 Å². The molecule has 0 atom stereocenters. The highest BCUT2D eigenvalue weighted by Crippen LogP contribution is 2.21. The quantitative estimate of drug-likeness (QED) is 0.184. The summed E-state index contributed by atoms with van der Waals surface area (Å²) in [5.74, 6) is 6.59. The number of aryl methyl sites for hydroxylation is 1. The monoisotopic (exact) mass is 479 g/mol. The Morgan fingerprint density at radius 1 is 1.06 bits per heavy atom. The van der Waals surface area contributed by atoms with Gasteiger partial charge in [0.2, 0.25) is 0 Å². The molecule has 0 amide bonds. The summed E-state index contributed by atoms with van der Waals surface area (Å²) in [5, 5.41) is 13.4. The molecule has 0 aliphatic rings. The molecule has 3 aromatic heterocycles. The summed E-state index contributed by atoms with van der Waals surface area (Å²) in [6.07, 6.45) is 3.16. The molecular weight excluding hydrogens is 462 g/mol. The first-order chi connectivity index (χ1) is 17.0. The molecule has 7 nitrogen and oxygen atoms in total. The predicted molar refractivity (Wildman–Crippen MR) is 137 cm³/mol. The zero-order valence-electron chi connectivity index (χ0n) is 18.5. The Hall–Kier alpha value is -4.74. The highest BCUT2D eigenvalue weighted by atomic mass is 32.1. The zero-order chi connectivity index (χ0) is 24.4. The van der Waals surface area contributed by atoms with Gasteiger partial charge in [0.05, 0.1) is 27.5 Å². The van der Waals surface area contributed by atoms with Gasteiger partial charge in [-0.3, -0.25) is 19.5 Å². The third-order valence-electron chi connectivity index (χ3n) is 5.28. The molecule has 0 saturated heterocycles. The Balaban J connectivity index is 1.62. The van der Waals surface area contributed by atoms with E-state index in [-0.39, 0.29) is 17.2 Å². The van der Waals surface area contributed by atoms with E-state index >= 15 is 0 Å². The molecule has 8 heteroatoms. The average Bonchev–Trinajstić information content (AvgIpc) is 3.55. The van der Waals surface area contributed by atoms with Gasteiger partial charge in [0.15, 0.2) is 0 Å². The highest BCUT2D eigenvalue weighted by Gasteiger charge is 2.14. The molecule has 0 saturated carbocycles. The van der Waals surface area contributed by atoms with Crippen molar-refractivity contribution in [3.63, 3.8) is 0 Å². The number of hydrogen-bond acceptors (Lipinski definition) is 6. The summed E-state index contributed by atoms with van der Waals surface area (Å²) in [7, 11) is 0. The number of thiophene rings is 1. The lowest BCUT2D eigenvalue weighted by Crippen LogP contribution is -2.23. The van der Waals surface area contributed by atoms with Crippen LogP contribution in [0.5, 0.6) is 0 Å². The molecule has 0 aliphatic carbocycles. The minimum atomic E-state index is -0.603. The lowest BCUT2D eigenvalue weighted by Gasteiger charge is -2.14. The fourth-order valence-electron chi connectivity index (χ4n) is 3.65. The van der Waals surface area contributed by atoms with Crippen LogP contribution in [0.3, 0.4) is 0 Å². The molecule has 35 heavy (non-hydrogen) atoms. The van der Waals surface area contributed by atoms with E-state index in [1.54, 1.807) is 41.7 Å². The van der Waals surface area contributed by atoms with Gasteiger partial charge in [0, 0.05) is 5.56 Å². The van der Waals surface area contributed by atoms with E-state index in [9.17, 15) is 14.9 Å². The average molecular weight is 480 g/mol. The number of hydrogen-bond donors (Lipinski definition) is 0. The van der Waals surface area contributed by atoms with Crippen molar-refractivity contribution >= 4 is 40.3 Å². The number of furan rings is 1. The maximum atomic E-state index is 13.5. The van der Waals surface area contributed by atoms with E-state index in [4.69, 9.17) is 4.42 Å². The molecule has 170 valence electrons. The van der Waals surface area contributed by atoms with Crippen LogP contribution in [-0.4, -0.2) is 14.5 Å². The van der Waals surface area contributed by atoms with Gasteiger partial charge < -0.3 is 4.42 Å². The SMILES string of the molecule is Cc1cc(C#Cc2cccs2)ccc1-n1c(C=Cc2ccc([N+](=O)[O-])o2)nc2ccccc2c1=O. The van der Waals surface area contributed by atoms with Crippen molar-refractivity contribution in [3.05, 3.63) is 120 Å². The lowest BCUT2D eigenvalue weighted by molar-refractivity contribution is -0.402. The van der Waals surface area contributed by atoms with Gasteiger partial charge >= 0.3 is 5.88 Å². The molecule has 0 N–H and O–H groups in total. The van der Waals surface area contributed by atoms with Crippen LogP contribution >= 0.6 is 11.3 Å². The van der Waals surface area contributed by atoms with E-state index < -0.39 is 4.92 Å². The van der Waals surface area contributed by atoms with Crippen LogP contribution in [0.1, 0.15) is 27.6 Å². The second kappa shape index (κ2) is 9.25. The number of nitrogens with zero attached hydrogens (tertiary/aromatic N) is 3. The third-order valence-corrected chi connectivity index (χ3v) is 6.07. The third kappa shape index (κ3) is 4.53. The molecule has 0 radical (unpaired) electrons. The van der Waals surface area contributed by atoms with Crippen LogP contribution in [0.15, 0.2) is 81.3 Å². The van der Waals surface area contributed by atoms with Crippen LogP contribution < -0.4 is 5.56 Å². The summed E-state index contributed by atoms with van der Waals surface area (Å²) in [6, 6.07) is 19.5. The number of aromatic nitrogens is 2. The summed E-state index contributed by atoms with van der Waals surface area (Å²) in [6.45, 7) is 1.91. The lowest BCUT2D eigenvalue weighted by atomic mass is 10.1. The number of para-hydroxylation sites is 1. The zero-order valence-corrected chi connectivity index (χ0v) is 19.3. The fraction of sp³-hybridized carbons (Fsp3) is 0.0370. The Morgan fingerprint density at radius 2 is 1.91 bits per heavy atom. The van der Waals surface area contributed by atoms with Gasteiger partial charge in [0.1, 0.15) is 16.5 Å². The first kappa shape index (κ1) is 22.1. The Bertz CT molecular complexity index is 1720. The molecule has 5 aromatic rings. The predicted octanol–water partition coefficient (Wildman–Crippen LogP) is 5.83. The van der Waals surface area contributed by atoms with Gasteiger partial charge in [-0.15, -0.1) is 11.3 Å². The normalized spacial score (nSPS) is 11.0. The van der Waals surface area contributed by atoms with Gasteiger partial charge in [-0.05, 0) is 72.5 Å². The molecule has 5 rings (SSSR count). The minimum absolute atomic E-state index is 0.221. The molecule has 3 heterocycles. The Labute approximate surface area is 203 Å². The molecule has 0 unspecified atom stereocenters. The van der Waals surface area contributed by atoms with Crippen LogP contribution in [-0.2, 0) is 0 Å². The summed E-state index contributed by atoms with van der Waals surface area (Å²) in [5.41, 5.74) is 2.68. The van der Waals surface area contributed by atoms with E-state index in [0.29, 0.717) is 22.4 Å².